The van der Waals surface area contributed by atoms with E-state index >= 15 is 0 Å². The Balaban J connectivity index is 2.26. The van der Waals surface area contributed by atoms with Gasteiger partial charge in [-0.3, -0.25) is 4.79 Å². The number of anilines is 1. The number of halogens is 1. The van der Waals surface area contributed by atoms with Gasteiger partial charge < -0.3 is 10.2 Å². The number of hydrogen-bond acceptors (Lipinski definition) is 3. The van der Waals surface area contributed by atoms with Crippen LogP contribution in [0.1, 0.15) is 25.3 Å². The van der Waals surface area contributed by atoms with Crippen LogP contribution in [0.4, 0.5) is 10.1 Å². The van der Waals surface area contributed by atoms with Gasteiger partial charge in [-0.25, -0.2) is 4.39 Å². The summed E-state index contributed by atoms with van der Waals surface area (Å²) in [7, 11) is 0. The molecule has 1 unspecified atom stereocenters. The first kappa shape index (κ1) is 13.5. The van der Waals surface area contributed by atoms with Crippen LogP contribution in [0.25, 0.3) is 0 Å². The van der Waals surface area contributed by atoms with Crippen LogP contribution in [0.15, 0.2) is 18.2 Å². The summed E-state index contributed by atoms with van der Waals surface area (Å²) in [4.78, 5) is 13.9. The Morgan fingerprint density at radius 2 is 2.37 bits per heavy atom. The zero-order valence-electron chi connectivity index (χ0n) is 10.8. The van der Waals surface area contributed by atoms with Crippen molar-refractivity contribution < 1.29 is 9.18 Å². The van der Waals surface area contributed by atoms with Crippen LogP contribution < -0.4 is 10.2 Å². The topological polar surface area (TPSA) is 56.1 Å². The van der Waals surface area contributed by atoms with E-state index in [1.54, 1.807) is 17.0 Å². The molecule has 0 saturated carbocycles. The summed E-state index contributed by atoms with van der Waals surface area (Å²) < 4.78 is 13.3. The average molecular weight is 261 g/mol. The van der Waals surface area contributed by atoms with E-state index in [4.69, 9.17) is 5.26 Å². The third-order valence-corrected chi connectivity index (χ3v) is 3.27. The van der Waals surface area contributed by atoms with Crippen molar-refractivity contribution in [1.82, 2.24) is 5.32 Å². The number of likely N-dealkylation sites (N-methyl/N-ethyl adjacent to an activating group) is 1. The van der Waals surface area contributed by atoms with Gasteiger partial charge in [0.1, 0.15) is 11.9 Å². The van der Waals surface area contributed by atoms with Gasteiger partial charge >= 0.3 is 0 Å². The first-order valence-corrected chi connectivity index (χ1v) is 6.41. The summed E-state index contributed by atoms with van der Waals surface area (Å²) in [6, 6.07) is 5.82. The van der Waals surface area contributed by atoms with Crippen LogP contribution in [0, 0.1) is 17.1 Å². The van der Waals surface area contributed by atoms with Gasteiger partial charge in [0.2, 0.25) is 5.91 Å². The highest BCUT2D eigenvalue weighted by Crippen LogP contribution is 2.23. The summed E-state index contributed by atoms with van der Waals surface area (Å²) in [6.07, 6.45) is 1.71. The quantitative estimate of drug-likeness (QED) is 0.902. The molecule has 100 valence electrons. The van der Waals surface area contributed by atoms with Gasteiger partial charge in [-0.15, -0.1) is 0 Å². The highest BCUT2D eigenvalue weighted by molar-refractivity contribution is 5.98. The molecule has 1 aromatic carbocycles. The van der Waals surface area contributed by atoms with E-state index in [1.807, 2.05) is 6.92 Å². The van der Waals surface area contributed by atoms with Gasteiger partial charge in [0, 0.05) is 12.2 Å². The lowest BCUT2D eigenvalue weighted by atomic mass is 10.0. The number of nitrogens with one attached hydrogen (secondary N) is 1. The molecule has 1 aliphatic rings. The largest absolute Gasteiger partial charge is 0.311 e. The normalized spacial score (nSPS) is 19.3. The van der Waals surface area contributed by atoms with Crippen LogP contribution in [0.5, 0.6) is 0 Å². The van der Waals surface area contributed by atoms with E-state index in [0.29, 0.717) is 12.2 Å². The predicted octanol–water partition coefficient (Wildman–Crippen LogP) is 1.80. The Kier molecular flexibility index (Phi) is 4.13. The van der Waals surface area contributed by atoms with Gasteiger partial charge in [-0.2, -0.15) is 5.26 Å². The molecule has 0 spiro atoms. The summed E-state index contributed by atoms with van der Waals surface area (Å²) in [5.41, 5.74) is 0.557. The molecule has 0 bridgehead atoms. The molecule has 5 heteroatoms. The molecule has 1 heterocycles. The first-order chi connectivity index (χ1) is 9.17. The van der Waals surface area contributed by atoms with Crippen molar-refractivity contribution in [3.63, 3.8) is 0 Å². The molecule has 1 aliphatic heterocycles. The van der Waals surface area contributed by atoms with Crippen LogP contribution in [-0.4, -0.2) is 25.0 Å². The fourth-order valence-corrected chi connectivity index (χ4v) is 2.33. The van der Waals surface area contributed by atoms with Gasteiger partial charge in [-0.05, 0) is 37.6 Å². The smallest absolute Gasteiger partial charge is 0.244 e. The maximum absolute atomic E-state index is 13.3. The van der Waals surface area contributed by atoms with E-state index in [2.05, 4.69) is 5.32 Å². The SMILES string of the molecule is CCNC1CCCN(c2ccc(F)c(C#N)c2)C1=O. The molecule has 0 aliphatic carbocycles. The maximum Gasteiger partial charge on any atom is 0.244 e. The van der Waals surface area contributed by atoms with Gasteiger partial charge in [-0.1, -0.05) is 6.92 Å². The van der Waals surface area contributed by atoms with Crippen molar-refractivity contribution >= 4 is 11.6 Å². The maximum atomic E-state index is 13.3. The minimum atomic E-state index is -0.557. The molecule has 2 rings (SSSR count). The van der Waals surface area contributed by atoms with Gasteiger partial charge in [0.05, 0.1) is 11.6 Å². The predicted molar refractivity (Wildman–Crippen MR) is 70.2 cm³/mol. The molecule has 1 aromatic rings. The lowest BCUT2D eigenvalue weighted by molar-refractivity contribution is -0.121. The Bertz CT molecular complexity index is 522. The van der Waals surface area contributed by atoms with Crippen LogP contribution in [0.3, 0.4) is 0 Å². The van der Waals surface area contributed by atoms with Crippen LogP contribution in [0.2, 0.25) is 0 Å². The monoisotopic (exact) mass is 261 g/mol. The number of amides is 1. The fraction of sp³-hybridized carbons (Fsp3) is 0.429. The Labute approximate surface area is 111 Å². The minimum Gasteiger partial charge on any atom is -0.311 e. The Hall–Kier alpha value is -1.93. The lowest BCUT2D eigenvalue weighted by Crippen LogP contribution is -2.50. The molecule has 0 aromatic heterocycles. The van der Waals surface area contributed by atoms with Crippen molar-refractivity contribution in [2.45, 2.75) is 25.8 Å². The third kappa shape index (κ3) is 2.74. The summed E-state index contributed by atoms with van der Waals surface area (Å²) >= 11 is 0. The number of benzene rings is 1. The first-order valence-electron chi connectivity index (χ1n) is 6.41. The van der Waals surface area contributed by atoms with Crippen molar-refractivity contribution in [2.75, 3.05) is 18.0 Å². The summed E-state index contributed by atoms with van der Waals surface area (Å²) in [5, 5.41) is 12.0. The highest BCUT2D eigenvalue weighted by atomic mass is 19.1. The van der Waals surface area contributed by atoms with E-state index in [0.717, 1.165) is 19.4 Å². The molecule has 1 N–H and O–H groups in total. The van der Waals surface area contributed by atoms with Crippen molar-refractivity contribution in [2.24, 2.45) is 0 Å². The fourth-order valence-electron chi connectivity index (χ4n) is 2.33. The molecule has 1 saturated heterocycles. The van der Waals surface area contributed by atoms with E-state index < -0.39 is 5.82 Å². The number of carbonyl (C=O) groups is 1. The molecule has 0 radical (unpaired) electrons. The second-order valence-corrected chi connectivity index (χ2v) is 4.52. The molecule has 1 fully saturated rings. The summed E-state index contributed by atoms with van der Waals surface area (Å²) in [5.74, 6) is -0.567. The minimum absolute atomic E-state index is 0.0106. The highest BCUT2D eigenvalue weighted by Gasteiger charge is 2.29. The van der Waals surface area contributed by atoms with Crippen LogP contribution >= 0.6 is 0 Å². The van der Waals surface area contributed by atoms with E-state index in [-0.39, 0.29) is 17.5 Å². The lowest BCUT2D eigenvalue weighted by Gasteiger charge is -2.32. The molecular formula is C14H16FN3O. The second-order valence-electron chi connectivity index (χ2n) is 4.52. The van der Waals surface area contributed by atoms with Gasteiger partial charge in [0.15, 0.2) is 0 Å². The number of piperidine rings is 1. The van der Waals surface area contributed by atoms with Crippen LogP contribution in [-0.2, 0) is 4.79 Å². The van der Waals surface area contributed by atoms with Gasteiger partial charge in [0.25, 0.3) is 0 Å². The standard InChI is InChI=1S/C14H16FN3O/c1-2-17-13-4-3-7-18(14(13)19)11-5-6-12(15)10(8-11)9-16/h5-6,8,13,17H,2-4,7H2,1H3. The molecule has 1 amide bonds. The van der Waals surface area contributed by atoms with E-state index in [1.165, 1.54) is 12.1 Å². The average Bonchev–Trinajstić information content (AvgIpc) is 2.42. The number of hydrogen-bond donors (Lipinski definition) is 1. The Morgan fingerprint density at radius 1 is 1.58 bits per heavy atom. The molecule has 1 atom stereocenters. The number of rotatable bonds is 3. The van der Waals surface area contributed by atoms with E-state index in [9.17, 15) is 9.18 Å². The zero-order valence-corrected chi connectivity index (χ0v) is 10.8. The zero-order chi connectivity index (χ0) is 13.8. The third-order valence-electron chi connectivity index (χ3n) is 3.27. The number of nitrogens with zero attached hydrogens (tertiary/aromatic N) is 2. The van der Waals surface area contributed by atoms with Crippen molar-refractivity contribution in [1.29, 1.82) is 5.26 Å². The molecular weight excluding hydrogens is 245 g/mol. The van der Waals surface area contributed by atoms with Crippen molar-refractivity contribution in [3.05, 3.63) is 29.6 Å². The Morgan fingerprint density at radius 3 is 3.05 bits per heavy atom. The van der Waals surface area contributed by atoms with Crippen molar-refractivity contribution in [3.8, 4) is 6.07 Å². The molecule has 4 nitrogen and oxygen atoms in total. The second kappa shape index (κ2) is 5.81. The number of carbonyl (C=O) groups excluding carboxylic acids is 1. The summed E-state index contributed by atoms with van der Waals surface area (Å²) in [6.45, 7) is 3.30. The molecule has 19 heavy (non-hydrogen) atoms. The number of nitriles is 1.